The Labute approximate surface area is 288 Å². The second kappa shape index (κ2) is 13.4. The van der Waals surface area contributed by atoms with Crippen LogP contribution in [0.1, 0.15) is 25.0 Å². The molecule has 0 spiro atoms. The van der Waals surface area contributed by atoms with E-state index in [2.05, 4.69) is 163 Å². The number of benzene rings is 6. The van der Waals surface area contributed by atoms with Gasteiger partial charge in [-0.2, -0.15) is 0 Å². The van der Waals surface area contributed by atoms with E-state index < -0.39 is 18.7 Å². The van der Waals surface area contributed by atoms with Crippen LogP contribution in [0.5, 0.6) is 5.75 Å². The summed E-state index contributed by atoms with van der Waals surface area (Å²) in [6.45, 7) is 4.43. The van der Waals surface area contributed by atoms with Gasteiger partial charge in [0.15, 0.2) is 0 Å². The summed E-state index contributed by atoms with van der Waals surface area (Å²) in [5.74, 6) is 0.841. The van der Waals surface area contributed by atoms with Crippen LogP contribution in [0.15, 0.2) is 170 Å². The Morgan fingerprint density at radius 2 is 0.979 bits per heavy atom. The van der Waals surface area contributed by atoms with Gasteiger partial charge in [-0.25, -0.2) is 0 Å². The topological polar surface area (TPSA) is 29.5 Å². The van der Waals surface area contributed by atoms with Crippen LogP contribution >= 0.6 is 20.8 Å². The van der Waals surface area contributed by atoms with Gasteiger partial charge in [-0.15, -0.1) is 0 Å². The van der Waals surface area contributed by atoms with E-state index in [9.17, 15) is 4.80 Å². The molecule has 0 radical (unpaired) electrons. The molecule has 5 heteroatoms. The Balaban J connectivity index is 1.51. The van der Waals surface area contributed by atoms with Gasteiger partial charge in [-0.05, 0) is 0 Å². The fourth-order valence-electron chi connectivity index (χ4n) is 7.26. The van der Waals surface area contributed by atoms with E-state index in [1.54, 1.807) is 7.11 Å². The molecule has 0 unspecified atom stereocenters. The summed E-state index contributed by atoms with van der Waals surface area (Å²) in [7, 11) is -1.50. The van der Waals surface area contributed by atoms with E-state index in [0.29, 0.717) is 6.42 Å². The molecule has 0 atom stereocenters. The normalized spacial score (nSPS) is 13.0. The number of halogens is 1. The molecule has 0 aliphatic carbocycles. The molecule has 0 heterocycles. The van der Waals surface area contributed by atoms with E-state index in [1.807, 2.05) is 36.4 Å². The average Bonchev–Trinajstić information content (AvgIpc) is 3.13. The van der Waals surface area contributed by atoms with Crippen molar-refractivity contribution in [1.82, 2.24) is 0 Å². The molecule has 2 nitrogen and oxygen atoms in total. The second-order valence-electron chi connectivity index (χ2n) is 13.0. The molecule has 0 saturated carbocycles. The van der Waals surface area contributed by atoms with Crippen LogP contribution in [0, 0.1) is 0 Å². The fraction of sp³-hybridized carbons (Fsp3) is 0.143. The van der Waals surface area contributed by atoms with Crippen LogP contribution in [0.25, 0.3) is 0 Å². The third-order valence-corrected chi connectivity index (χ3v) is 23.7. The van der Waals surface area contributed by atoms with Gasteiger partial charge in [0.2, 0.25) is 0 Å². The third kappa shape index (κ3) is 5.94. The fourth-order valence-corrected chi connectivity index (χ4v) is 18.7. The van der Waals surface area contributed by atoms with Crippen LogP contribution in [0.3, 0.4) is 0 Å². The molecular weight excluding hydrogens is 675 g/mol. The number of hydrogen-bond acceptors (Lipinski definition) is 2. The van der Waals surface area contributed by atoms with Crippen LogP contribution in [-0.2, 0) is 12.6 Å². The van der Waals surface area contributed by atoms with Crippen molar-refractivity contribution in [2.24, 2.45) is 0 Å². The van der Waals surface area contributed by atoms with E-state index in [0.717, 1.165) is 27.8 Å². The minimum atomic E-state index is -3.24. The minimum absolute atomic E-state index is 0.472. The maximum absolute atomic E-state index is 12.9. The molecule has 47 heavy (non-hydrogen) atoms. The van der Waals surface area contributed by atoms with E-state index >= 15 is 0 Å². The van der Waals surface area contributed by atoms with Crippen molar-refractivity contribution in [2.75, 3.05) is 7.11 Å². The Kier molecular flexibility index (Phi) is 9.42. The summed E-state index contributed by atoms with van der Waals surface area (Å²) < 4.78 is 6.01. The molecule has 1 N–H and O–H groups in total. The number of methoxy groups -OCH3 is 1. The molecule has 0 amide bonds. The molecule has 6 aromatic carbocycles. The molecule has 0 aliphatic rings. The predicted molar refractivity (Wildman–Crippen MR) is 209 cm³/mol. The Hall–Kier alpha value is -3.79. The summed E-state index contributed by atoms with van der Waals surface area (Å²) in [5.41, 5.74) is 2.31. The number of hydrogen-bond donors (Lipinski definition) is 1. The van der Waals surface area contributed by atoms with E-state index in [4.69, 9.17) is 4.74 Å². The van der Waals surface area contributed by atoms with Gasteiger partial charge in [0, 0.05) is 0 Å². The standard InChI is InChI=1S/C42H42BrO2PSi/c1-42(2,47(44,39-25-15-7-16-26-39)40-27-17-8-18-28-40)32-35-31-34(29-30-41(35)45-3)33-46(43,36-19-9-4-10-20-36,37-21-11-5-12-22-37)38-23-13-6-14-24-38/h4-31,44H,32-33H2,1-3H3. The molecule has 6 aromatic rings. The van der Waals surface area contributed by atoms with Gasteiger partial charge in [0.05, 0.1) is 0 Å². The van der Waals surface area contributed by atoms with Gasteiger partial charge in [0.25, 0.3) is 0 Å². The molecule has 0 aliphatic heterocycles. The van der Waals surface area contributed by atoms with Crippen molar-refractivity contribution in [3.05, 3.63) is 181 Å². The number of ether oxygens (including phenoxy) is 1. The SMILES string of the molecule is COc1ccc(CP(Br)(c2ccccc2)(c2ccccc2)c2ccccc2)cc1CC(C)(C)[Si](O)(c1ccccc1)c1ccccc1. The van der Waals surface area contributed by atoms with Crippen LogP contribution in [-0.4, -0.2) is 20.2 Å². The maximum atomic E-state index is 12.9. The van der Waals surface area contributed by atoms with Crippen LogP contribution < -0.4 is 31.0 Å². The van der Waals surface area contributed by atoms with E-state index in [-0.39, 0.29) is 0 Å². The van der Waals surface area contributed by atoms with Crippen molar-refractivity contribution in [3.8, 4) is 5.75 Å². The molecule has 0 bridgehead atoms. The quantitative estimate of drug-likeness (QED) is 0.109. The molecule has 0 saturated heterocycles. The van der Waals surface area contributed by atoms with Crippen molar-refractivity contribution in [3.63, 3.8) is 0 Å². The first kappa shape index (κ1) is 33.1. The van der Waals surface area contributed by atoms with E-state index in [1.165, 1.54) is 21.5 Å². The van der Waals surface area contributed by atoms with Crippen molar-refractivity contribution < 1.29 is 9.53 Å². The number of rotatable bonds is 11. The zero-order valence-corrected chi connectivity index (χ0v) is 30.7. The molecule has 0 aromatic heterocycles. The Morgan fingerprint density at radius 3 is 1.36 bits per heavy atom. The first-order valence-electron chi connectivity index (χ1n) is 16.1. The van der Waals surface area contributed by atoms with Gasteiger partial charge in [-0.3, -0.25) is 0 Å². The van der Waals surface area contributed by atoms with Gasteiger partial charge in [0.1, 0.15) is 0 Å². The van der Waals surface area contributed by atoms with Crippen molar-refractivity contribution >= 4 is 55.4 Å². The first-order valence-corrected chi connectivity index (χ1v) is 22.5. The average molecular weight is 718 g/mol. The van der Waals surface area contributed by atoms with Gasteiger partial charge in [-0.1, -0.05) is 0 Å². The van der Waals surface area contributed by atoms with Crippen LogP contribution in [0.2, 0.25) is 5.04 Å². The Bertz CT molecular complexity index is 1780. The summed E-state index contributed by atoms with van der Waals surface area (Å²) in [5, 5.41) is 2.18. The molecule has 238 valence electrons. The van der Waals surface area contributed by atoms with Gasteiger partial charge >= 0.3 is 290 Å². The summed E-state index contributed by atoms with van der Waals surface area (Å²) in [6, 6.07) is 59.9. The first-order chi connectivity index (χ1) is 22.7. The Morgan fingerprint density at radius 1 is 0.596 bits per heavy atom. The monoisotopic (exact) mass is 716 g/mol. The summed E-state index contributed by atoms with van der Waals surface area (Å²) in [6.07, 6.45) is 1.43. The van der Waals surface area contributed by atoms with Crippen molar-refractivity contribution in [1.29, 1.82) is 0 Å². The summed E-state index contributed by atoms with van der Waals surface area (Å²) >= 11 is 4.63. The third-order valence-electron chi connectivity index (χ3n) is 9.70. The van der Waals surface area contributed by atoms with Gasteiger partial charge < -0.3 is 0 Å². The summed E-state index contributed by atoms with van der Waals surface area (Å²) in [4.78, 5) is 12.9. The zero-order chi connectivity index (χ0) is 33.0. The molecule has 6 rings (SSSR count). The van der Waals surface area contributed by atoms with Crippen molar-refractivity contribution in [2.45, 2.75) is 31.5 Å². The van der Waals surface area contributed by atoms with Crippen LogP contribution in [0.4, 0.5) is 0 Å². The molecule has 0 fully saturated rings. The second-order valence-corrected chi connectivity index (χ2v) is 25.9. The molecular formula is C42H42BrO2PSi. The predicted octanol–water partition coefficient (Wildman–Crippen LogP) is 8.11. The zero-order valence-electron chi connectivity index (χ0n) is 27.3.